The van der Waals surface area contributed by atoms with Crippen LogP contribution in [0.3, 0.4) is 0 Å². The minimum absolute atomic E-state index is 0.749. The highest BCUT2D eigenvalue weighted by Gasteiger charge is 2.25. The summed E-state index contributed by atoms with van der Waals surface area (Å²) in [5.74, 6) is 0.749. The maximum atomic E-state index is 3.88. The van der Waals surface area contributed by atoms with Crippen LogP contribution in [0.5, 0.6) is 0 Å². The molecule has 1 aromatic carbocycles. The van der Waals surface area contributed by atoms with Crippen molar-refractivity contribution in [2.75, 3.05) is 13.1 Å². The average Bonchev–Trinajstić information content (AvgIpc) is 3.07. The first kappa shape index (κ1) is 17.3. The molecule has 1 fully saturated rings. The second kappa shape index (κ2) is 8.53. The summed E-state index contributed by atoms with van der Waals surface area (Å²) in [4.78, 5) is 0. The van der Waals surface area contributed by atoms with Crippen LogP contribution in [0, 0.1) is 6.92 Å². The van der Waals surface area contributed by atoms with E-state index in [2.05, 4.69) is 31.0 Å². The number of hydrogen-bond acceptors (Lipinski definition) is 1. The molecule has 0 aromatic heterocycles. The van der Waals surface area contributed by atoms with Crippen molar-refractivity contribution in [3.8, 4) is 0 Å². The molecule has 1 N–H and O–H groups in total. The van der Waals surface area contributed by atoms with Crippen LogP contribution in [0.15, 0.2) is 18.7 Å². The van der Waals surface area contributed by atoms with Gasteiger partial charge in [-0.25, -0.2) is 0 Å². The molecule has 1 nitrogen and oxygen atoms in total. The summed E-state index contributed by atoms with van der Waals surface area (Å²) in [6.45, 7) is 12.6. The molecule has 0 radical (unpaired) electrons. The summed E-state index contributed by atoms with van der Waals surface area (Å²) in [5, 5.41) is 3.59. The average molecular weight is 300 g/mol. The zero-order valence-corrected chi connectivity index (χ0v) is 14.8. The Morgan fingerprint density at radius 2 is 2.00 bits per heavy atom. The van der Waals surface area contributed by atoms with Crippen LogP contribution in [-0.4, -0.2) is 13.1 Å². The fourth-order valence-electron chi connectivity index (χ4n) is 4.05. The summed E-state index contributed by atoms with van der Waals surface area (Å²) in [5.41, 5.74) is 8.22. The Labute approximate surface area is 137 Å². The van der Waals surface area contributed by atoms with E-state index in [1.165, 1.54) is 45.2 Å². The van der Waals surface area contributed by atoms with Crippen molar-refractivity contribution in [2.24, 2.45) is 0 Å². The second-order valence-corrected chi connectivity index (χ2v) is 6.43. The predicted octanol–water partition coefficient (Wildman–Crippen LogP) is 5.10. The van der Waals surface area contributed by atoms with Gasteiger partial charge in [0, 0.05) is 6.54 Å². The van der Waals surface area contributed by atoms with Crippen LogP contribution in [0.2, 0.25) is 0 Å². The molecule has 1 aromatic rings. The van der Waals surface area contributed by atoms with Gasteiger partial charge in [0.05, 0.1) is 0 Å². The molecule has 0 amide bonds. The van der Waals surface area contributed by atoms with Crippen LogP contribution >= 0.6 is 0 Å². The zero-order valence-electron chi connectivity index (χ0n) is 14.8. The van der Waals surface area contributed by atoms with Gasteiger partial charge < -0.3 is 5.32 Å². The number of aryl methyl sites for hydroxylation is 1. The molecule has 0 bridgehead atoms. The number of benzene rings is 1. The van der Waals surface area contributed by atoms with Crippen molar-refractivity contribution in [1.82, 2.24) is 5.32 Å². The number of nitrogens with one attached hydrogen (secondary N) is 1. The lowest BCUT2D eigenvalue weighted by Crippen LogP contribution is -2.29. The van der Waals surface area contributed by atoms with E-state index in [-0.39, 0.29) is 0 Å². The van der Waals surface area contributed by atoms with Crippen LogP contribution in [0.25, 0.3) is 0 Å². The first-order chi connectivity index (χ1) is 10.8. The molecule has 2 aliphatic rings. The number of piperidine rings is 1. The molecule has 1 heterocycles. The highest BCUT2D eigenvalue weighted by atomic mass is 14.9. The van der Waals surface area contributed by atoms with Crippen molar-refractivity contribution in [3.05, 3.63) is 46.5 Å². The third-order valence-corrected chi connectivity index (χ3v) is 5.18. The van der Waals surface area contributed by atoms with Crippen molar-refractivity contribution < 1.29 is 0 Å². The molecule has 22 heavy (non-hydrogen) atoms. The van der Waals surface area contributed by atoms with E-state index in [0.29, 0.717) is 0 Å². The Balaban J connectivity index is 0.000000847. The lowest BCUT2D eigenvalue weighted by Gasteiger charge is -2.27. The standard InChI is InChI=1S/C19H27N.C2H6/c1-3-4-7-15-12-19(16-8-6-11-20-13-16)18-10-5-9-17(18)14(15)2;1-2/h3,12,16,20H,1,4-11,13H2,2H3;1-2H3. The lowest BCUT2D eigenvalue weighted by atomic mass is 9.83. The lowest BCUT2D eigenvalue weighted by molar-refractivity contribution is 0.459. The van der Waals surface area contributed by atoms with Crippen LogP contribution in [0.4, 0.5) is 0 Å². The van der Waals surface area contributed by atoms with E-state index in [0.717, 1.165) is 18.8 Å². The Hall–Kier alpha value is -1.08. The third-order valence-electron chi connectivity index (χ3n) is 5.18. The molecule has 1 unspecified atom stereocenters. The van der Waals surface area contributed by atoms with Gasteiger partial charge in [0.15, 0.2) is 0 Å². The zero-order chi connectivity index (χ0) is 15.9. The quantitative estimate of drug-likeness (QED) is 0.763. The van der Waals surface area contributed by atoms with E-state index in [1.807, 2.05) is 13.8 Å². The second-order valence-electron chi connectivity index (χ2n) is 6.43. The fourth-order valence-corrected chi connectivity index (χ4v) is 4.05. The highest BCUT2D eigenvalue weighted by molar-refractivity contribution is 5.49. The van der Waals surface area contributed by atoms with Gasteiger partial charge in [-0.3, -0.25) is 0 Å². The maximum absolute atomic E-state index is 3.88. The molecule has 0 spiro atoms. The number of rotatable bonds is 4. The molecule has 1 aliphatic carbocycles. The van der Waals surface area contributed by atoms with E-state index < -0.39 is 0 Å². The van der Waals surface area contributed by atoms with E-state index in [9.17, 15) is 0 Å². The molecular weight excluding hydrogens is 266 g/mol. The predicted molar refractivity (Wildman–Crippen MR) is 97.9 cm³/mol. The molecule has 3 rings (SSSR count). The van der Waals surface area contributed by atoms with Gasteiger partial charge in [-0.1, -0.05) is 26.0 Å². The summed E-state index contributed by atoms with van der Waals surface area (Å²) in [7, 11) is 0. The highest BCUT2D eigenvalue weighted by Crippen LogP contribution is 2.37. The largest absolute Gasteiger partial charge is 0.316 e. The van der Waals surface area contributed by atoms with Crippen LogP contribution in [0.1, 0.15) is 73.3 Å². The van der Waals surface area contributed by atoms with E-state index in [1.54, 1.807) is 27.8 Å². The van der Waals surface area contributed by atoms with Gasteiger partial charge in [-0.15, -0.1) is 6.58 Å². The fraction of sp³-hybridized carbons (Fsp3) is 0.619. The molecule has 1 saturated heterocycles. The van der Waals surface area contributed by atoms with Gasteiger partial charge in [-0.05, 0) is 92.1 Å². The molecule has 0 saturated carbocycles. The molecular formula is C21H33N. The topological polar surface area (TPSA) is 12.0 Å². The number of fused-ring (bicyclic) bond motifs is 1. The molecule has 1 aliphatic heterocycles. The van der Waals surface area contributed by atoms with Crippen LogP contribution < -0.4 is 5.32 Å². The Morgan fingerprint density at radius 1 is 1.23 bits per heavy atom. The summed E-state index contributed by atoms with van der Waals surface area (Å²) >= 11 is 0. The van der Waals surface area contributed by atoms with Crippen molar-refractivity contribution in [2.45, 2.75) is 71.6 Å². The van der Waals surface area contributed by atoms with E-state index >= 15 is 0 Å². The molecule has 1 heteroatoms. The summed E-state index contributed by atoms with van der Waals surface area (Å²) in [6.07, 6.45) is 11.0. The third kappa shape index (κ3) is 3.63. The maximum Gasteiger partial charge on any atom is 0.00202 e. The first-order valence-electron chi connectivity index (χ1n) is 9.27. The Kier molecular flexibility index (Phi) is 6.70. The SMILES string of the molecule is C=CCCc1cc(C2CCCNC2)c2c(c1C)CCC2.CC. The van der Waals surface area contributed by atoms with Gasteiger partial charge in [0.1, 0.15) is 0 Å². The first-order valence-corrected chi connectivity index (χ1v) is 9.27. The van der Waals surface area contributed by atoms with Crippen molar-refractivity contribution in [1.29, 1.82) is 0 Å². The smallest absolute Gasteiger partial charge is 0.00202 e. The van der Waals surface area contributed by atoms with Crippen molar-refractivity contribution >= 4 is 0 Å². The van der Waals surface area contributed by atoms with Gasteiger partial charge >= 0.3 is 0 Å². The van der Waals surface area contributed by atoms with E-state index in [4.69, 9.17) is 0 Å². The Morgan fingerprint density at radius 3 is 2.68 bits per heavy atom. The summed E-state index contributed by atoms with van der Waals surface area (Å²) < 4.78 is 0. The van der Waals surface area contributed by atoms with Crippen molar-refractivity contribution in [3.63, 3.8) is 0 Å². The minimum atomic E-state index is 0.749. The molecule has 122 valence electrons. The van der Waals surface area contributed by atoms with Gasteiger partial charge in [0.25, 0.3) is 0 Å². The number of hydrogen-bond donors (Lipinski definition) is 1. The summed E-state index contributed by atoms with van der Waals surface area (Å²) in [6, 6.07) is 2.54. The number of allylic oxidation sites excluding steroid dienone is 1. The monoisotopic (exact) mass is 299 g/mol. The normalized spacial score (nSPS) is 20.0. The van der Waals surface area contributed by atoms with Crippen LogP contribution in [-0.2, 0) is 19.3 Å². The molecule has 1 atom stereocenters. The van der Waals surface area contributed by atoms with Gasteiger partial charge in [-0.2, -0.15) is 0 Å². The Bertz CT molecular complexity index is 495. The van der Waals surface area contributed by atoms with Gasteiger partial charge in [0.2, 0.25) is 0 Å². The minimum Gasteiger partial charge on any atom is -0.316 e.